The molecule has 0 amide bonds. The normalized spacial score (nSPS) is 11.1. The average Bonchev–Trinajstić information content (AvgIpc) is 2.32. The molecule has 0 radical (unpaired) electrons. The summed E-state index contributed by atoms with van der Waals surface area (Å²) >= 11 is 0. The van der Waals surface area contributed by atoms with Crippen molar-refractivity contribution in [3.8, 4) is 11.8 Å². The summed E-state index contributed by atoms with van der Waals surface area (Å²) in [5.74, 6) is 0.795. The Kier molecular flexibility index (Phi) is 5.11. The van der Waals surface area contributed by atoms with E-state index in [1.54, 1.807) is 0 Å². The zero-order chi connectivity index (χ0) is 13.6. The maximum absolute atomic E-state index is 8.94. The second kappa shape index (κ2) is 6.36. The number of pyridine rings is 1. The van der Waals surface area contributed by atoms with E-state index >= 15 is 0 Å². The molecule has 0 aliphatic carbocycles. The first-order valence-electron chi connectivity index (χ1n) is 6.13. The summed E-state index contributed by atoms with van der Waals surface area (Å²) in [6.07, 6.45) is 0.705. The van der Waals surface area contributed by atoms with Gasteiger partial charge >= 0.3 is 0 Å². The Bertz CT molecular complexity index is 435. The van der Waals surface area contributed by atoms with Gasteiger partial charge in [-0.2, -0.15) is 5.26 Å². The van der Waals surface area contributed by atoms with Crippen LogP contribution in [-0.4, -0.2) is 18.6 Å². The quantitative estimate of drug-likeness (QED) is 0.838. The van der Waals surface area contributed by atoms with E-state index in [9.17, 15) is 0 Å². The lowest BCUT2D eigenvalue weighted by molar-refractivity contribution is 0.261. The number of nitrogens with zero attached hydrogens (tertiary/aromatic N) is 2. The van der Waals surface area contributed by atoms with E-state index in [1.165, 1.54) is 0 Å². The standard InChI is InChI=1S/C14H21N3O/c1-11-5-6-13(12(17-11)9-16-4)18-8-7-14(2,3)10-15/h5-6,16H,7-9H2,1-4H3. The summed E-state index contributed by atoms with van der Waals surface area (Å²) < 4.78 is 5.73. The number of aryl methyl sites for hydroxylation is 1. The fraction of sp³-hybridized carbons (Fsp3) is 0.571. The molecule has 0 atom stereocenters. The predicted octanol–water partition coefficient (Wildman–Crippen LogP) is 2.43. The van der Waals surface area contributed by atoms with Gasteiger partial charge in [0.25, 0.3) is 0 Å². The van der Waals surface area contributed by atoms with Gasteiger partial charge in [-0.05, 0) is 46.4 Å². The minimum Gasteiger partial charge on any atom is -0.492 e. The van der Waals surface area contributed by atoms with Crippen LogP contribution in [0.15, 0.2) is 12.1 Å². The third-order valence-electron chi connectivity index (χ3n) is 2.70. The summed E-state index contributed by atoms with van der Waals surface area (Å²) in [4.78, 5) is 4.45. The summed E-state index contributed by atoms with van der Waals surface area (Å²) in [7, 11) is 1.88. The van der Waals surface area contributed by atoms with E-state index in [0.717, 1.165) is 17.1 Å². The largest absolute Gasteiger partial charge is 0.492 e. The van der Waals surface area contributed by atoms with Crippen LogP contribution in [0.2, 0.25) is 0 Å². The van der Waals surface area contributed by atoms with Gasteiger partial charge in [0.15, 0.2) is 0 Å². The minimum atomic E-state index is -0.346. The van der Waals surface area contributed by atoms with Crippen LogP contribution in [-0.2, 0) is 6.54 Å². The second-order valence-electron chi connectivity index (χ2n) is 5.02. The summed E-state index contributed by atoms with van der Waals surface area (Å²) in [6, 6.07) is 6.14. The first-order valence-corrected chi connectivity index (χ1v) is 6.13. The summed E-state index contributed by atoms with van der Waals surface area (Å²) in [6.45, 7) is 7.00. The molecule has 0 aliphatic heterocycles. The molecule has 18 heavy (non-hydrogen) atoms. The van der Waals surface area contributed by atoms with Gasteiger partial charge in [0.2, 0.25) is 0 Å². The number of rotatable bonds is 6. The van der Waals surface area contributed by atoms with Crippen LogP contribution >= 0.6 is 0 Å². The van der Waals surface area contributed by atoms with Crippen molar-refractivity contribution in [1.29, 1.82) is 5.26 Å². The monoisotopic (exact) mass is 247 g/mol. The van der Waals surface area contributed by atoms with Gasteiger partial charge in [-0.1, -0.05) is 0 Å². The van der Waals surface area contributed by atoms with Crippen molar-refractivity contribution in [1.82, 2.24) is 10.3 Å². The zero-order valence-corrected chi connectivity index (χ0v) is 11.6. The number of nitrogens with one attached hydrogen (secondary N) is 1. The van der Waals surface area contributed by atoms with Crippen molar-refractivity contribution < 1.29 is 4.74 Å². The Morgan fingerprint density at radius 3 is 2.78 bits per heavy atom. The van der Waals surface area contributed by atoms with Crippen molar-refractivity contribution in [3.63, 3.8) is 0 Å². The lowest BCUT2D eigenvalue weighted by Gasteiger charge is -2.16. The molecule has 0 spiro atoms. The molecule has 4 nitrogen and oxygen atoms in total. The molecule has 1 N–H and O–H groups in total. The summed E-state index contributed by atoms with van der Waals surface area (Å²) in [5, 5.41) is 12.0. The zero-order valence-electron chi connectivity index (χ0n) is 11.6. The highest BCUT2D eigenvalue weighted by atomic mass is 16.5. The van der Waals surface area contributed by atoms with Crippen LogP contribution < -0.4 is 10.1 Å². The van der Waals surface area contributed by atoms with Gasteiger partial charge in [0.05, 0.1) is 23.8 Å². The molecule has 0 saturated heterocycles. The Morgan fingerprint density at radius 1 is 1.44 bits per heavy atom. The molecule has 0 aromatic carbocycles. The van der Waals surface area contributed by atoms with Crippen LogP contribution in [0.5, 0.6) is 5.75 Å². The highest BCUT2D eigenvalue weighted by Gasteiger charge is 2.16. The van der Waals surface area contributed by atoms with Crippen LogP contribution in [0.25, 0.3) is 0 Å². The number of aromatic nitrogens is 1. The van der Waals surface area contributed by atoms with E-state index in [2.05, 4.69) is 16.4 Å². The fourth-order valence-electron chi connectivity index (χ4n) is 1.50. The maximum atomic E-state index is 8.94. The Hall–Kier alpha value is -1.60. The van der Waals surface area contributed by atoms with Crippen molar-refractivity contribution in [2.45, 2.75) is 33.7 Å². The molecule has 1 aromatic heterocycles. The van der Waals surface area contributed by atoms with E-state index < -0.39 is 0 Å². The van der Waals surface area contributed by atoms with Crippen molar-refractivity contribution in [3.05, 3.63) is 23.5 Å². The van der Waals surface area contributed by atoms with Gasteiger partial charge in [-0.25, -0.2) is 0 Å². The van der Waals surface area contributed by atoms with E-state index in [-0.39, 0.29) is 5.41 Å². The summed E-state index contributed by atoms with van der Waals surface area (Å²) in [5.41, 5.74) is 1.54. The molecule has 0 aliphatic rings. The first kappa shape index (κ1) is 14.5. The van der Waals surface area contributed by atoms with Gasteiger partial charge < -0.3 is 10.1 Å². The SMILES string of the molecule is CNCc1nc(C)ccc1OCCC(C)(C)C#N. The Labute approximate surface area is 109 Å². The Morgan fingerprint density at radius 2 is 2.17 bits per heavy atom. The minimum absolute atomic E-state index is 0.346. The van der Waals surface area contributed by atoms with Crippen LogP contribution in [0.1, 0.15) is 31.7 Å². The van der Waals surface area contributed by atoms with Crippen molar-refractivity contribution in [2.24, 2.45) is 5.41 Å². The molecule has 0 unspecified atom stereocenters. The smallest absolute Gasteiger partial charge is 0.142 e. The van der Waals surface area contributed by atoms with Crippen LogP contribution in [0, 0.1) is 23.7 Å². The number of nitriles is 1. The molecular weight excluding hydrogens is 226 g/mol. The molecule has 98 valence electrons. The molecule has 0 bridgehead atoms. The Balaban J connectivity index is 2.65. The van der Waals surface area contributed by atoms with Crippen LogP contribution in [0.3, 0.4) is 0 Å². The first-order chi connectivity index (χ1) is 8.48. The lowest BCUT2D eigenvalue weighted by atomic mass is 9.92. The molecular formula is C14H21N3O. The van der Waals surface area contributed by atoms with Gasteiger partial charge in [0.1, 0.15) is 5.75 Å². The highest BCUT2D eigenvalue weighted by molar-refractivity contribution is 5.29. The second-order valence-corrected chi connectivity index (χ2v) is 5.02. The van der Waals surface area contributed by atoms with E-state index in [1.807, 2.05) is 40.0 Å². The van der Waals surface area contributed by atoms with Gasteiger partial charge in [-0.3, -0.25) is 4.98 Å². The molecule has 0 fully saturated rings. The molecule has 1 rings (SSSR count). The highest BCUT2D eigenvalue weighted by Crippen LogP contribution is 2.21. The van der Waals surface area contributed by atoms with Crippen molar-refractivity contribution >= 4 is 0 Å². The number of ether oxygens (including phenoxy) is 1. The third kappa shape index (κ3) is 4.34. The average molecular weight is 247 g/mol. The fourth-order valence-corrected chi connectivity index (χ4v) is 1.50. The van der Waals surface area contributed by atoms with Crippen LogP contribution in [0.4, 0.5) is 0 Å². The third-order valence-corrected chi connectivity index (χ3v) is 2.70. The van der Waals surface area contributed by atoms with Crippen molar-refractivity contribution in [2.75, 3.05) is 13.7 Å². The van der Waals surface area contributed by atoms with E-state index in [4.69, 9.17) is 10.00 Å². The molecule has 4 heteroatoms. The number of hydrogen-bond donors (Lipinski definition) is 1. The number of hydrogen-bond acceptors (Lipinski definition) is 4. The molecule has 1 aromatic rings. The molecule has 1 heterocycles. The maximum Gasteiger partial charge on any atom is 0.142 e. The van der Waals surface area contributed by atoms with Gasteiger partial charge in [-0.15, -0.1) is 0 Å². The molecule has 0 saturated carbocycles. The topological polar surface area (TPSA) is 57.9 Å². The van der Waals surface area contributed by atoms with E-state index in [0.29, 0.717) is 19.6 Å². The van der Waals surface area contributed by atoms with Gasteiger partial charge in [0, 0.05) is 12.2 Å². The lowest BCUT2D eigenvalue weighted by Crippen LogP contribution is -2.15. The predicted molar refractivity (Wildman–Crippen MR) is 71.2 cm³/mol.